The van der Waals surface area contributed by atoms with Crippen molar-refractivity contribution in [3.8, 4) is 28.5 Å². The Morgan fingerprint density at radius 2 is 2.03 bits per heavy atom. The molecule has 1 aromatic carbocycles. The van der Waals surface area contributed by atoms with E-state index in [1.54, 1.807) is 7.11 Å². The Morgan fingerprint density at radius 3 is 2.69 bits per heavy atom. The number of rotatable bonds is 5. The molecule has 1 unspecified atom stereocenters. The van der Waals surface area contributed by atoms with E-state index in [4.69, 9.17) is 15.5 Å². The molecule has 4 N–H and O–H groups in total. The van der Waals surface area contributed by atoms with Crippen LogP contribution in [0.15, 0.2) is 30.5 Å². The SMILES string of the molecule is COc1ccc(-c2ncc3c(n2)-c2[nH]c(C(N)C4CC4)c(C(=O)O)c2CC3)cc1. The molecule has 0 saturated heterocycles. The summed E-state index contributed by atoms with van der Waals surface area (Å²) < 4.78 is 5.21. The number of ether oxygens (including phenoxy) is 1. The molecule has 1 saturated carbocycles. The number of hydrogen-bond acceptors (Lipinski definition) is 5. The number of H-pyrrole nitrogens is 1. The molecule has 0 bridgehead atoms. The van der Waals surface area contributed by atoms with Crippen molar-refractivity contribution in [3.05, 3.63) is 52.8 Å². The third-order valence-electron chi connectivity index (χ3n) is 5.90. The molecular weight excluding hydrogens is 368 g/mol. The van der Waals surface area contributed by atoms with Crippen LogP contribution in [0.25, 0.3) is 22.8 Å². The van der Waals surface area contributed by atoms with E-state index in [1.165, 1.54) is 0 Å². The van der Waals surface area contributed by atoms with Gasteiger partial charge in [-0.15, -0.1) is 0 Å². The van der Waals surface area contributed by atoms with Crippen molar-refractivity contribution in [1.82, 2.24) is 15.0 Å². The summed E-state index contributed by atoms with van der Waals surface area (Å²) in [6, 6.07) is 7.28. The molecule has 2 heterocycles. The van der Waals surface area contributed by atoms with E-state index in [0.29, 0.717) is 35.8 Å². The fraction of sp³-hybridized carbons (Fsp3) is 0.318. The van der Waals surface area contributed by atoms with Crippen molar-refractivity contribution in [2.24, 2.45) is 11.7 Å². The van der Waals surface area contributed by atoms with Gasteiger partial charge in [-0.05, 0) is 67.0 Å². The average molecular weight is 390 g/mol. The topological polar surface area (TPSA) is 114 Å². The van der Waals surface area contributed by atoms with Crippen LogP contribution in [0, 0.1) is 5.92 Å². The summed E-state index contributed by atoms with van der Waals surface area (Å²) in [5.41, 5.74) is 11.6. The van der Waals surface area contributed by atoms with Gasteiger partial charge in [0.15, 0.2) is 5.82 Å². The van der Waals surface area contributed by atoms with Crippen LogP contribution in [0.4, 0.5) is 0 Å². The summed E-state index contributed by atoms with van der Waals surface area (Å²) in [7, 11) is 1.63. The number of aromatic carboxylic acids is 1. The highest BCUT2D eigenvalue weighted by molar-refractivity contribution is 5.94. The van der Waals surface area contributed by atoms with Gasteiger partial charge in [0.25, 0.3) is 0 Å². The van der Waals surface area contributed by atoms with Crippen LogP contribution in [0.1, 0.15) is 46.1 Å². The van der Waals surface area contributed by atoms with Crippen molar-refractivity contribution in [1.29, 1.82) is 0 Å². The van der Waals surface area contributed by atoms with E-state index in [9.17, 15) is 9.90 Å². The molecule has 2 aromatic heterocycles. The van der Waals surface area contributed by atoms with Crippen molar-refractivity contribution >= 4 is 5.97 Å². The first-order valence-corrected chi connectivity index (χ1v) is 9.81. The Labute approximate surface area is 168 Å². The average Bonchev–Trinajstić information content (AvgIpc) is 3.51. The first-order valence-electron chi connectivity index (χ1n) is 9.81. The zero-order valence-electron chi connectivity index (χ0n) is 16.1. The molecular formula is C22H22N4O3. The predicted molar refractivity (Wildman–Crippen MR) is 108 cm³/mol. The van der Waals surface area contributed by atoms with E-state index >= 15 is 0 Å². The number of benzene rings is 1. The van der Waals surface area contributed by atoms with Gasteiger partial charge in [-0.1, -0.05) is 0 Å². The van der Waals surface area contributed by atoms with Gasteiger partial charge < -0.3 is 20.6 Å². The summed E-state index contributed by atoms with van der Waals surface area (Å²) in [5, 5.41) is 9.87. The van der Waals surface area contributed by atoms with E-state index in [2.05, 4.69) is 9.97 Å². The maximum atomic E-state index is 12.0. The molecule has 2 aliphatic carbocycles. The van der Waals surface area contributed by atoms with Crippen LogP contribution in [-0.4, -0.2) is 33.1 Å². The summed E-state index contributed by atoms with van der Waals surface area (Å²) >= 11 is 0. The van der Waals surface area contributed by atoms with Crippen molar-refractivity contribution < 1.29 is 14.6 Å². The van der Waals surface area contributed by atoms with Crippen molar-refractivity contribution in [3.63, 3.8) is 0 Å². The molecule has 0 spiro atoms. The number of carbonyl (C=O) groups is 1. The second-order valence-electron chi connectivity index (χ2n) is 7.73. The van der Waals surface area contributed by atoms with Gasteiger partial charge in [0.2, 0.25) is 0 Å². The monoisotopic (exact) mass is 390 g/mol. The highest BCUT2D eigenvalue weighted by atomic mass is 16.5. The number of nitrogens with one attached hydrogen (secondary N) is 1. The lowest BCUT2D eigenvalue weighted by Crippen LogP contribution is -2.17. The van der Waals surface area contributed by atoms with Gasteiger partial charge in [-0.2, -0.15) is 0 Å². The molecule has 148 valence electrons. The molecule has 5 rings (SSSR count). The number of hydrogen-bond donors (Lipinski definition) is 3. The molecule has 7 nitrogen and oxygen atoms in total. The van der Waals surface area contributed by atoms with Crippen LogP contribution in [0.2, 0.25) is 0 Å². The second-order valence-corrected chi connectivity index (χ2v) is 7.73. The first-order chi connectivity index (χ1) is 14.1. The van der Waals surface area contributed by atoms with Gasteiger partial charge >= 0.3 is 5.97 Å². The molecule has 1 fully saturated rings. The number of aromatic nitrogens is 3. The lowest BCUT2D eigenvalue weighted by atomic mass is 9.91. The van der Waals surface area contributed by atoms with Gasteiger partial charge in [0.1, 0.15) is 5.75 Å². The number of aromatic amines is 1. The summed E-state index contributed by atoms with van der Waals surface area (Å²) in [6.45, 7) is 0. The quantitative estimate of drug-likeness (QED) is 0.615. The number of carboxylic acids is 1. The van der Waals surface area contributed by atoms with Crippen LogP contribution in [0.5, 0.6) is 5.75 Å². The van der Waals surface area contributed by atoms with E-state index in [1.807, 2.05) is 30.5 Å². The summed E-state index contributed by atoms with van der Waals surface area (Å²) in [6.07, 6.45) is 5.28. The van der Waals surface area contributed by atoms with E-state index in [0.717, 1.165) is 46.7 Å². The zero-order chi connectivity index (χ0) is 20.1. The number of carboxylic acid groups (broad SMARTS) is 1. The highest BCUT2D eigenvalue weighted by Gasteiger charge is 2.36. The molecule has 29 heavy (non-hydrogen) atoms. The lowest BCUT2D eigenvalue weighted by Gasteiger charge is -2.16. The Hall–Kier alpha value is -3.19. The smallest absolute Gasteiger partial charge is 0.337 e. The molecule has 2 aliphatic rings. The van der Waals surface area contributed by atoms with Crippen molar-refractivity contribution in [2.75, 3.05) is 7.11 Å². The van der Waals surface area contributed by atoms with Crippen molar-refractivity contribution in [2.45, 2.75) is 31.7 Å². The molecule has 0 amide bonds. The largest absolute Gasteiger partial charge is 0.497 e. The summed E-state index contributed by atoms with van der Waals surface area (Å²) in [4.78, 5) is 24.7. The fourth-order valence-corrected chi connectivity index (χ4v) is 4.14. The second kappa shape index (κ2) is 6.70. The van der Waals surface area contributed by atoms with Gasteiger partial charge in [-0.25, -0.2) is 14.8 Å². The molecule has 0 radical (unpaired) electrons. The van der Waals surface area contributed by atoms with Gasteiger partial charge in [0, 0.05) is 23.5 Å². The van der Waals surface area contributed by atoms with Gasteiger partial charge in [0.05, 0.1) is 24.1 Å². The third-order valence-corrected chi connectivity index (χ3v) is 5.90. The standard InChI is InChI=1S/C22H22N4O3/c1-29-14-7-4-12(5-8-14)21-24-10-13-6-9-15-16(22(27)28)20(17(23)11-2-3-11)25-19(15)18(13)26-21/h4-5,7-8,10-11,17,25H,2-3,6,9,23H2,1H3,(H,27,28). The number of nitrogens with two attached hydrogens (primary N) is 1. The maximum Gasteiger partial charge on any atom is 0.337 e. The van der Waals surface area contributed by atoms with E-state index in [-0.39, 0.29) is 6.04 Å². The number of aryl methyl sites for hydroxylation is 1. The molecule has 7 heteroatoms. The predicted octanol–water partition coefficient (Wildman–Crippen LogP) is 3.35. The lowest BCUT2D eigenvalue weighted by molar-refractivity contribution is 0.0694. The maximum absolute atomic E-state index is 12.0. The minimum Gasteiger partial charge on any atom is -0.497 e. The minimum atomic E-state index is -0.929. The van der Waals surface area contributed by atoms with E-state index < -0.39 is 5.97 Å². The summed E-state index contributed by atoms with van der Waals surface area (Å²) in [5.74, 6) is 0.788. The Morgan fingerprint density at radius 1 is 1.28 bits per heavy atom. The Bertz CT molecular complexity index is 1100. The first kappa shape index (κ1) is 17.9. The third kappa shape index (κ3) is 2.98. The molecule has 3 aromatic rings. The van der Waals surface area contributed by atoms with Crippen LogP contribution in [0.3, 0.4) is 0 Å². The number of methoxy groups -OCH3 is 1. The molecule has 0 aliphatic heterocycles. The Kier molecular flexibility index (Phi) is 4.13. The molecule has 1 atom stereocenters. The zero-order valence-corrected chi connectivity index (χ0v) is 16.1. The number of fused-ring (bicyclic) bond motifs is 3. The van der Waals surface area contributed by atoms with Crippen LogP contribution < -0.4 is 10.5 Å². The normalized spacial score (nSPS) is 16.1. The highest BCUT2D eigenvalue weighted by Crippen LogP contribution is 2.43. The Balaban J connectivity index is 1.62. The van der Waals surface area contributed by atoms with Crippen LogP contribution in [-0.2, 0) is 12.8 Å². The number of nitrogens with zero attached hydrogens (tertiary/aromatic N) is 2. The van der Waals surface area contributed by atoms with Crippen LogP contribution >= 0.6 is 0 Å². The minimum absolute atomic E-state index is 0.280. The van der Waals surface area contributed by atoms with Gasteiger partial charge in [-0.3, -0.25) is 0 Å². The fourth-order valence-electron chi connectivity index (χ4n) is 4.14.